The number of phenols is 1. The molecule has 5 N–H and O–H groups in total. The fourth-order valence-corrected chi connectivity index (χ4v) is 5.24. The average molecular weight is 627 g/mol. The lowest BCUT2D eigenvalue weighted by Gasteiger charge is -2.25. The van der Waals surface area contributed by atoms with E-state index in [4.69, 9.17) is 4.74 Å². The number of nitrogens with zero attached hydrogens (tertiary/aromatic N) is 2. The Kier molecular flexibility index (Phi) is 9.26. The summed E-state index contributed by atoms with van der Waals surface area (Å²) in [6.07, 6.45) is 0.172. The zero-order valence-electron chi connectivity index (χ0n) is 26.4. The van der Waals surface area contributed by atoms with Crippen LogP contribution in [0.5, 0.6) is 17.2 Å². The van der Waals surface area contributed by atoms with Crippen molar-refractivity contribution in [3.63, 3.8) is 0 Å². The quantitative estimate of drug-likeness (QED) is 0.218. The van der Waals surface area contributed by atoms with Crippen molar-refractivity contribution in [1.82, 2.24) is 30.8 Å². The number of hydrogen-bond donors (Lipinski definition) is 5. The van der Waals surface area contributed by atoms with Crippen molar-refractivity contribution in [2.45, 2.75) is 58.8 Å². The van der Waals surface area contributed by atoms with Gasteiger partial charge < -0.3 is 35.7 Å². The summed E-state index contributed by atoms with van der Waals surface area (Å²) >= 11 is 0. The molecular weight excluding hydrogens is 588 g/mol. The third-order valence-corrected chi connectivity index (χ3v) is 8.07. The topological polar surface area (TPSA) is 164 Å². The lowest BCUT2D eigenvalue weighted by atomic mass is 10.0. The van der Waals surface area contributed by atoms with Gasteiger partial charge in [-0.25, -0.2) is 4.98 Å². The van der Waals surface area contributed by atoms with E-state index >= 15 is 0 Å². The number of aryl methyl sites for hydroxylation is 2. The molecule has 1 aromatic heterocycles. The average Bonchev–Trinajstić information content (AvgIpc) is 3.31. The molecule has 46 heavy (non-hydrogen) atoms. The molecule has 3 aromatic carbocycles. The molecule has 0 unspecified atom stereocenters. The molecule has 0 saturated heterocycles. The fourth-order valence-electron chi connectivity index (χ4n) is 5.24. The molecule has 0 saturated carbocycles. The first-order valence-electron chi connectivity index (χ1n) is 15.1. The molecule has 12 nitrogen and oxygen atoms in total. The SMILES string of the molecule is Cc1nc2cc(CNC(=O)[C@@H]3Cc4ccc(cc4)Oc4ccc(O)c(c4)C(=O)N[C@@H](C(C)C)C(=O)N[C@@H](C)C(=O)N3)ccc2n1C. The second-order valence-corrected chi connectivity index (χ2v) is 11.9. The van der Waals surface area contributed by atoms with Crippen LogP contribution in [0.3, 0.4) is 0 Å². The number of amides is 4. The van der Waals surface area contributed by atoms with E-state index in [-0.39, 0.29) is 30.2 Å². The Labute approximate surface area is 266 Å². The number of aromatic hydroxyl groups is 1. The van der Waals surface area contributed by atoms with E-state index in [9.17, 15) is 24.3 Å². The third-order valence-electron chi connectivity index (χ3n) is 8.07. The van der Waals surface area contributed by atoms with Crippen molar-refractivity contribution >= 4 is 34.7 Å². The first kappa shape index (κ1) is 32.0. The van der Waals surface area contributed by atoms with Gasteiger partial charge in [-0.2, -0.15) is 0 Å². The predicted molar refractivity (Wildman–Crippen MR) is 171 cm³/mol. The Morgan fingerprint density at radius 3 is 2.43 bits per heavy atom. The summed E-state index contributed by atoms with van der Waals surface area (Å²) in [7, 11) is 1.94. The molecule has 4 amide bonds. The van der Waals surface area contributed by atoms with Gasteiger partial charge in [0.05, 0.1) is 16.6 Å². The molecule has 0 fully saturated rings. The fraction of sp³-hybridized carbons (Fsp3) is 0.324. The smallest absolute Gasteiger partial charge is 0.255 e. The maximum Gasteiger partial charge on any atom is 0.255 e. The highest BCUT2D eigenvalue weighted by Crippen LogP contribution is 2.28. The molecular formula is C34H38N6O6. The summed E-state index contributed by atoms with van der Waals surface area (Å²) in [5.74, 6) is -1.22. The Morgan fingerprint density at radius 2 is 1.72 bits per heavy atom. The largest absolute Gasteiger partial charge is 0.507 e. The van der Waals surface area contributed by atoms with E-state index in [1.54, 1.807) is 38.1 Å². The zero-order chi connectivity index (χ0) is 33.1. The van der Waals surface area contributed by atoms with Crippen molar-refractivity contribution in [3.05, 3.63) is 83.2 Å². The summed E-state index contributed by atoms with van der Waals surface area (Å²) in [5.41, 5.74) is 3.34. The second kappa shape index (κ2) is 13.3. The molecule has 6 rings (SSSR count). The lowest BCUT2D eigenvalue weighted by molar-refractivity contribution is -0.132. The van der Waals surface area contributed by atoms with Crippen molar-refractivity contribution < 1.29 is 29.0 Å². The molecule has 0 spiro atoms. The van der Waals surface area contributed by atoms with Crippen LogP contribution < -0.4 is 26.0 Å². The normalized spacial score (nSPS) is 19.1. The molecule has 2 aliphatic heterocycles. The van der Waals surface area contributed by atoms with Crippen LogP contribution in [0.25, 0.3) is 11.0 Å². The molecule has 4 bridgehead atoms. The van der Waals surface area contributed by atoms with Gasteiger partial charge in [-0.15, -0.1) is 0 Å². The van der Waals surface area contributed by atoms with Gasteiger partial charge in [0, 0.05) is 20.0 Å². The number of aromatic nitrogens is 2. The lowest BCUT2D eigenvalue weighted by Crippen LogP contribution is -2.57. The van der Waals surface area contributed by atoms with E-state index in [1.165, 1.54) is 25.1 Å². The molecule has 3 heterocycles. The molecule has 3 atom stereocenters. The Hall–Kier alpha value is -5.39. The second-order valence-electron chi connectivity index (χ2n) is 11.9. The van der Waals surface area contributed by atoms with Crippen LogP contribution in [0.2, 0.25) is 0 Å². The maximum atomic E-state index is 13.5. The number of imidazole rings is 1. The van der Waals surface area contributed by atoms with Crippen LogP contribution in [0.15, 0.2) is 60.7 Å². The van der Waals surface area contributed by atoms with E-state index in [2.05, 4.69) is 26.3 Å². The molecule has 12 heteroatoms. The predicted octanol–water partition coefficient (Wildman–Crippen LogP) is 3.00. The first-order valence-corrected chi connectivity index (χ1v) is 15.1. The third kappa shape index (κ3) is 7.12. The van der Waals surface area contributed by atoms with E-state index in [0.717, 1.165) is 28.0 Å². The van der Waals surface area contributed by atoms with Crippen LogP contribution in [0, 0.1) is 12.8 Å². The summed E-state index contributed by atoms with van der Waals surface area (Å²) in [6, 6.07) is 14.0. The molecule has 240 valence electrons. The number of fused-ring (bicyclic) bond motifs is 12. The van der Waals surface area contributed by atoms with Gasteiger partial charge >= 0.3 is 0 Å². The Balaban J connectivity index is 1.41. The Bertz CT molecular complexity index is 1800. The number of rotatable bonds is 4. The molecule has 0 aliphatic carbocycles. The summed E-state index contributed by atoms with van der Waals surface area (Å²) in [5, 5.41) is 21.4. The van der Waals surface area contributed by atoms with Gasteiger partial charge in [-0.3, -0.25) is 19.2 Å². The van der Waals surface area contributed by atoms with Crippen LogP contribution in [0.4, 0.5) is 0 Å². The number of benzene rings is 3. The Morgan fingerprint density at radius 1 is 1.00 bits per heavy atom. The number of ether oxygens (including phenoxy) is 1. The molecule has 2 aliphatic rings. The van der Waals surface area contributed by atoms with E-state index < -0.39 is 41.8 Å². The van der Waals surface area contributed by atoms with Gasteiger partial charge in [-0.05, 0) is 73.4 Å². The minimum atomic E-state index is -1.03. The van der Waals surface area contributed by atoms with E-state index in [0.29, 0.717) is 11.5 Å². The van der Waals surface area contributed by atoms with Gasteiger partial charge in [0.25, 0.3) is 5.91 Å². The van der Waals surface area contributed by atoms with Crippen molar-refractivity contribution in [2.75, 3.05) is 0 Å². The van der Waals surface area contributed by atoms with Crippen LogP contribution in [-0.2, 0) is 34.4 Å². The van der Waals surface area contributed by atoms with Crippen molar-refractivity contribution in [1.29, 1.82) is 0 Å². The van der Waals surface area contributed by atoms with Crippen molar-refractivity contribution in [2.24, 2.45) is 13.0 Å². The highest BCUT2D eigenvalue weighted by atomic mass is 16.5. The van der Waals surface area contributed by atoms with Crippen LogP contribution >= 0.6 is 0 Å². The highest BCUT2D eigenvalue weighted by Gasteiger charge is 2.30. The summed E-state index contributed by atoms with van der Waals surface area (Å²) in [6.45, 7) is 7.15. The van der Waals surface area contributed by atoms with Gasteiger partial charge in [0.2, 0.25) is 17.7 Å². The van der Waals surface area contributed by atoms with Crippen LogP contribution in [0.1, 0.15) is 48.1 Å². The van der Waals surface area contributed by atoms with Crippen molar-refractivity contribution in [3.8, 4) is 17.2 Å². The highest BCUT2D eigenvalue weighted by molar-refractivity contribution is 6.00. The maximum absolute atomic E-state index is 13.5. The molecule has 0 radical (unpaired) electrons. The first-order chi connectivity index (χ1) is 21.9. The minimum Gasteiger partial charge on any atom is -0.507 e. The standard InChI is InChI=1S/C34H38N6O6/c1-18(2)30-34(45)36-19(3)31(42)38-27(33(44)35-17-22-8-12-28-26(15-22)37-20(4)40(28)5)14-21-6-9-23(10-7-21)46-24-11-13-29(41)25(16-24)32(43)39-30/h6-13,15-16,18-19,27,30,41H,14,17H2,1-5H3,(H,35,44)(H,36,45)(H,38,42)(H,39,43)/t19-,27-,30-/m0/s1. The van der Waals surface area contributed by atoms with Gasteiger partial charge in [0.15, 0.2) is 0 Å². The number of carbonyl (C=O) groups excluding carboxylic acids is 4. The number of hydrogen-bond acceptors (Lipinski definition) is 7. The zero-order valence-corrected chi connectivity index (χ0v) is 26.4. The van der Waals surface area contributed by atoms with E-state index in [1.807, 2.05) is 36.7 Å². The number of nitrogens with one attached hydrogen (secondary N) is 4. The number of carbonyl (C=O) groups is 4. The minimum absolute atomic E-state index is 0.0663. The summed E-state index contributed by atoms with van der Waals surface area (Å²) < 4.78 is 7.91. The summed E-state index contributed by atoms with van der Waals surface area (Å²) in [4.78, 5) is 57.8. The van der Waals surface area contributed by atoms with Gasteiger partial charge in [0.1, 0.15) is 41.2 Å². The van der Waals surface area contributed by atoms with Crippen LogP contribution in [-0.4, -0.2) is 56.4 Å². The molecule has 4 aromatic rings. The van der Waals surface area contributed by atoms with Gasteiger partial charge in [-0.1, -0.05) is 32.0 Å². The monoisotopic (exact) mass is 626 g/mol. The number of phenolic OH excluding ortho intramolecular Hbond substituents is 1.